The lowest BCUT2D eigenvalue weighted by atomic mass is 10.1. The molecule has 3 aromatic rings. The number of rotatable bonds is 9. The fraction of sp³-hybridized carbons (Fsp3) is 0.429. The predicted molar refractivity (Wildman–Crippen MR) is 148 cm³/mol. The number of H-pyrrole nitrogens is 1. The van der Waals surface area contributed by atoms with E-state index in [9.17, 15) is 18.0 Å². The first-order chi connectivity index (χ1) is 17.7. The average Bonchev–Trinajstić information content (AvgIpc) is 2.88. The van der Waals surface area contributed by atoms with Crippen LogP contribution < -0.4 is 15.8 Å². The van der Waals surface area contributed by atoms with E-state index in [2.05, 4.69) is 47.2 Å². The van der Waals surface area contributed by atoms with Crippen LogP contribution in [0.1, 0.15) is 55.5 Å². The largest absolute Gasteiger partial charge is 0.372 e. The Bertz CT molecular complexity index is 1430. The molecule has 9 heteroatoms. The number of carbonyl (C=O) groups is 1. The van der Waals surface area contributed by atoms with Gasteiger partial charge in [-0.3, -0.25) is 9.59 Å². The molecule has 0 saturated carbocycles. The van der Waals surface area contributed by atoms with Crippen LogP contribution in [0.4, 0.5) is 5.69 Å². The monoisotopic (exact) mass is 524 g/mol. The number of sulfonamides is 1. The number of aromatic nitrogens is 1. The number of benzene rings is 2. The van der Waals surface area contributed by atoms with E-state index in [-0.39, 0.29) is 16.5 Å². The predicted octanol–water partition coefficient (Wildman–Crippen LogP) is 4.05. The molecule has 1 atom stereocenters. The fourth-order valence-corrected chi connectivity index (χ4v) is 6.73. The minimum Gasteiger partial charge on any atom is -0.372 e. The molecule has 2 heterocycles. The second kappa shape index (κ2) is 11.5. The van der Waals surface area contributed by atoms with Crippen molar-refractivity contribution in [3.05, 3.63) is 70.0 Å². The molecule has 1 aliphatic rings. The molecular weight excluding hydrogens is 488 g/mol. The van der Waals surface area contributed by atoms with E-state index >= 15 is 0 Å². The van der Waals surface area contributed by atoms with Crippen LogP contribution in [-0.4, -0.2) is 55.8 Å². The van der Waals surface area contributed by atoms with E-state index in [4.69, 9.17) is 0 Å². The summed E-state index contributed by atoms with van der Waals surface area (Å²) >= 11 is 0. The second-order valence-electron chi connectivity index (χ2n) is 9.74. The van der Waals surface area contributed by atoms with Crippen molar-refractivity contribution in [2.75, 3.05) is 31.1 Å². The highest BCUT2D eigenvalue weighted by atomic mass is 32.2. The first-order valence-electron chi connectivity index (χ1n) is 13.0. The molecule has 1 aliphatic heterocycles. The number of carbonyl (C=O) groups excluding carboxylic acids is 1. The third-order valence-corrected chi connectivity index (χ3v) is 9.06. The minimum atomic E-state index is -3.71. The molecule has 1 saturated heterocycles. The van der Waals surface area contributed by atoms with E-state index < -0.39 is 21.5 Å². The highest BCUT2D eigenvalue weighted by Crippen LogP contribution is 2.27. The van der Waals surface area contributed by atoms with Crippen molar-refractivity contribution >= 4 is 32.5 Å². The van der Waals surface area contributed by atoms with Crippen molar-refractivity contribution < 1.29 is 13.2 Å². The second-order valence-corrected chi connectivity index (χ2v) is 11.6. The Balaban J connectivity index is 1.51. The Morgan fingerprint density at radius 1 is 1.16 bits per heavy atom. The maximum Gasteiger partial charge on any atom is 0.252 e. The lowest BCUT2D eigenvalue weighted by Gasteiger charge is -2.32. The summed E-state index contributed by atoms with van der Waals surface area (Å²) in [5.74, 6) is -0.393. The zero-order chi connectivity index (χ0) is 26.6. The van der Waals surface area contributed by atoms with Gasteiger partial charge in [0.05, 0.1) is 10.5 Å². The Hall–Kier alpha value is -3.17. The van der Waals surface area contributed by atoms with Crippen molar-refractivity contribution in [1.29, 1.82) is 0 Å². The number of aryl methyl sites for hydroxylation is 1. The van der Waals surface area contributed by atoms with Gasteiger partial charge in [0, 0.05) is 54.9 Å². The van der Waals surface area contributed by atoms with Crippen molar-refractivity contribution in [2.45, 2.75) is 57.4 Å². The van der Waals surface area contributed by atoms with Crippen molar-refractivity contribution in [1.82, 2.24) is 14.6 Å². The van der Waals surface area contributed by atoms with E-state index in [0.717, 1.165) is 44.5 Å². The van der Waals surface area contributed by atoms with Gasteiger partial charge in [0.15, 0.2) is 0 Å². The van der Waals surface area contributed by atoms with Crippen LogP contribution in [0.3, 0.4) is 0 Å². The number of fused-ring (bicyclic) bond motifs is 1. The van der Waals surface area contributed by atoms with Gasteiger partial charge in [0.1, 0.15) is 0 Å². The topological polar surface area (TPSA) is 103 Å². The summed E-state index contributed by atoms with van der Waals surface area (Å²) < 4.78 is 28.3. The van der Waals surface area contributed by atoms with Gasteiger partial charge in [-0.25, -0.2) is 8.42 Å². The first-order valence-corrected chi connectivity index (χ1v) is 14.4. The molecule has 1 fully saturated rings. The first kappa shape index (κ1) is 26.9. The van der Waals surface area contributed by atoms with Crippen molar-refractivity contribution in [3.8, 4) is 0 Å². The third kappa shape index (κ3) is 6.05. The summed E-state index contributed by atoms with van der Waals surface area (Å²) in [6.45, 7) is 8.62. The molecule has 8 nitrogen and oxygen atoms in total. The Morgan fingerprint density at radius 3 is 2.70 bits per heavy atom. The minimum absolute atomic E-state index is 0.0738. The van der Waals surface area contributed by atoms with Gasteiger partial charge >= 0.3 is 0 Å². The molecule has 2 aromatic carbocycles. The molecule has 0 bridgehead atoms. The van der Waals surface area contributed by atoms with E-state index in [1.165, 1.54) is 28.1 Å². The smallest absolute Gasteiger partial charge is 0.252 e. The van der Waals surface area contributed by atoms with Crippen LogP contribution in [0, 0.1) is 6.92 Å². The standard InChI is InChI=1S/C28H36N4O4S/c1-4-31(22-11-7-9-20(2)17-22)15-8-14-29-28(34)25-19-27(33)30-26-13-12-23(18-24(25)26)37(35,36)32-16-6-5-10-21(32)3/h7,9,11-13,17-19,21H,4-6,8,10,14-16H2,1-3H3,(H,29,34)(H,30,33). The summed E-state index contributed by atoms with van der Waals surface area (Å²) in [4.78, 5) is 30.5. The van der Waals surface area contributed by atoms with Gasteiger partial charge in [-0.1, -0.05) is 18.6 Å². The van der Waals surface area contributed by atoms with E-state index in [1.807, 2.05) is 13.0 Å². The van der Waals surface area contributed by atoms with E-state index in [1.54, 1.807) is 6.07 Å². The number of anilines is 1. The molecule has 37 heavy (non-hydrogen) atoms. The van der Waals surface area contributed by atoms with E-state index in [0.29, 0.717) is 24.0 Å². The molecule has 0 spiro atoms. The van der Waals surface area contributed by atoms with Gasteiger partial charge in [0.25, 0.3) is 5.91 Å². The fourth-order valence-electron chi connectivity index (χ4n) is 5.01. The summed E-state index contributed by atoms with van der Waals surface area (Å²) in [6, 6.07) is 14.1. The van der Waals surface area contributed by atoms with Crippen LogP contribution >= 0.6 is 0 Å². The maximum absolute atomic E-state index is 13.4. The summed E-state index contributed by atoms with van der Waals surface area (Å²) in [5, 5.41) is 3.33. The number of nitrogens with zero attached hydrogens (tertiary/aromatic N) is 2. The number of aromatic amines is 1. The van der Waals surface area contributed by atoms with Crippen molar-refractivity contribution in [3.63, 3.8) is 0 Å². The molecule has 4 rings (SSSR count). The maximum atomic E-state index is 13.4. The summed E-state index contributed by atoms with van der Waals surface area (Å²) in [6.07, 6.45) is 3.39. The third-order valence-electron chi connectivity index (χ3n) is 7.05. The Kier molecular flexibility index (Phi) is 8.34. The number of piperidine rings is 1. The molecule has 0 radical (unpaired) electrons. The van der Waals surface area contributed by atoms with Crippen LogP contribution in [0.25, 0.3) is 10.9 Å². The number of nitrogens with one attached hydrogen (secondary N) is 2. The molecular formula is C28H36N4O4S. The van der Waals surface area contributed by atoms with Gasteiger partial charge in [-0.2, -0.15) is 4.31 Å². The average molecular weight is 525 g/mol. The number of hydrogen-bond acceptors (Lipinski definition) is 5. The van der Waals surface area contributed by atoms with Gasteiger partial charge in [-0.05, 0) is 75.9 Å². The highest BCUT2D eigenvalue weighted by Gasteiger charge is 2.31. The summed E-state index contributed by atoms with van der Waals surface area (Å²) in [7, 11) is -3.71. The molecule has 0 aliphatic carbocycles. The Labute approximate surface area is 218 Å². The van der Waals surface area contributed by atoms with Crippen LogP contribution in [0.2, 0.25) is 0 Å². The lowest BCUT2D eigenvalue weighted by Crippen LogP contribution is -2.41. The van der Waals surface area contributed by atoms with Crippen molar-refractivity contribution in [2.24, 2.45) is 0 Å². The number of amides is 1. The number of hydrogen-bond donors (Lipinski definition) is 2. The zero-order valence-corrected chi connectivity index (χ0v) is 22.6. The molecule has 198 valence electrons. The highest BCUT2D eigenvalue weighted by molar-refractivity contribution is 7.89. The molecule has 1 aromatic heterocycles. The van der Waals surface area contributed by atoms with Gasteiger partial charge in [0.2, 0.25) is 15.6 Å². The van der Waals surface area contributed by atoms with Gasteiger partial charge < -0.3 is 15.2 Å². The lowest BCUT2D eigenvalue weighted by molar-refractivity contribution is 0.0955. The van der Waals surface area contributed by atoms with Crippen LogP contribution in [-0.2, 0) is 10.0 Å². The van der Waals surface area contributed by atoms with Crippen LogP contribution in [0.5, 0.6) is 0 Å². The van der Waals surface area contributed by atoms with Crippen LogP contribution in [0.15, 0.2) is 58.2 Å². The normalized spacial score (nSPS) is 16.6. The zero-order valence-electron chi connectivity index (χ0n) is 21.8. The SMILES string of the molecule is CCN(CCCNC(=O)c1cc(=O)[nH]c2ccc(S(=O)(=O)N3CCCCC3C)cc12)c1cccc(C)c1. The van der Waals surface area contributed by atoms with Gasteiger partial charge in [-0.15, -0.1) is 0 Å². The molecule has 2 N–H and O–H groups in total. The Morgan fingerprint density at radius 2 is 1.97 bits per heavy atom. The summed E-state index contributed by atoms with van der Waals surface area (Å²) in [5.41, 5.74) is 2.54. The quantitative estimate of drug-likeness (QED) is 0.411. The molecule has 1 amide bonds. The molecule has 1 unspecified atom stereocenters. The number of pyridine rings is 1.